The van der Waals surface area contributed by atoms with Gasteiger partial charge in [0.2, 0.25) is 16.8 Å². The van der Waals surface area contributed by atoms with Gasteiger partial charge in [-0.15, -0.1) is 6.42 Å². The largest absolute Gasteiger partial charge is 0.454 e. The number of benzene rings is 3. The predicted octanol–water partition coefficient (Wildman–Crippen LogP) is 3.55. The van der Waals surface area contributed by atoms with Crippen molar-refractivity contribution in [2.24, 2.45) is 4.99 Å². The summed E-state index contributed by atoms with van der Waals surface area (Å²) in [5.74, 6) is 3.35. The third-order valence-corrected chi connectivity index (χ3v) is 9.36. The highest BCUT2D eigenvalue weighted by atomic mass is 32.2. The zero-order valence-corrected chi connectivity index (χ0v) is 21.2. The summed E-state index contributed by atoms with van der Waals surface area (Å²) in [6, 6.07) is 17.4. The molecule has 0 unspecified atom stereocenters. The number of terminal acetylenes is 1. The van der Waals surface area contributed by atoms with Crippen LogP contribution in [0.5, 0.6) is 11.5 Å². The van der Waals surface area contributed by atoms with E-state index in [1.807, 2.05) is 36.4 Å². The van der Waals surface area contributed by atoms with Crippen molar-refractivity contribution < 1.29 is 22.7 Å². The summed E-state index contributed by atoms with van der Waals surface area (Å²) in [6.45, 7) is 1.13. The molecule has 0 saturated carbocycles. The van der Waals surface area contributed by atoms with E-state index in [2.05, 4.69) is 10.9 Å². The molecule has 186 valence electrons. The van der Waals surface area contributed by atoms with Crippen LogP contribution in [0, 0.1) is 12.3 Å². The molecule has 0 atom stereocenters. The van der Waals surface area contributed by atoms with Crippen molar-refractivity contribution in [3.8, 4) is 23.8 Å². The molecule has 0 aliphatic carbocycles. The molecule has 37 heavy (non-hydrogen) atoms. The van der Waals surface area contributed by atoms with Gasteiger partial charge in [-0.2, -0.15) is 9.30 Å². The van der Waals surface area contributed by atoms with E-state index >= 15 is 0 Å². The summed E-state index contributed by atoms with van der Waals surface area (Å²) >= 11 is 1.32. The van der Waals surface area contributed by atoms with Crippen molar-refractivity contribution in [1.82, 2.24) is 8.87 Å². The van der Waals surface area contributed by atoms with Crippen LogP contribution in [0.3, 0.4) is 0 Å². The van der Waals surface area contributed by atoms with Crippen molar-refractivity contribution in [2.45, 2.75) is 24.4 Å². The van der Waals surface area contributed by atoms with Crippen molar-refractivity contribution in [2.75, 3.05) is 13.3 Å². The number of ether oxygens (including phenoxy) is 2. The highest BCUT2D eigenvalue weighted by molar-refractivity contribution is 7.89. The number of carbonyl (C=O) groups excluding carboxylic acids is 1. The molecule has 0 spiro atoms. The first-order valence-electron chi connectivity index (χ1n) is 11.6. The van der Waals surface area contributed by atoms with Crippen LogP contribution in [0.15, 0.2) is 70.6 Å². The minimum absolute atomic E-state index is 0.141. The number of sulfonamides is 1. The van der Waals surface area contributed by atoms with Crippen molar-refractivity contribution in [3.63, 3.8) is 0 Å². The quantitative estimate of drug-likeness (QED) is 0.376. The van der Waals surface area contributed by atoms with Gasteiger partial charge in [-0.3, -0.25) is 4.79 Å². The maximum Gasteiger partial charge on any atom is 0.279 e. The highest BCUT2D eigenvalue weighted by Crippen LogP contribution is 2.37. The van der Waals surface area contributed by atoms with Gasteiger partial charge in [0.25, 0.3) is 5.91 Å². The molecule has 0 fully saturated rings. The second kappa shape index (κ2) is 9.19. The van der Waals surface area contributed by atoms with Gasteiger partial charge in [0, 0.05) is 30.8 Å². The second-order valence-electron chi connectivity index (χ2n) is 8.65. The van der Waals surface area contributed by atoms with E-state index in [-0.39, 0.29) is 23.8 Å². The third-order valence-electron chi connectivity index (χ3n) is 6.46. The second-order valence-corrected chi connectivity index (χ2v) is 11.6. The average molecular weight is 532 g/mol. The molecular formula is C27H21N3O5S2. The molecule has 6 rings (SSSR count). The van der Waals surface area contributed by atoms with Gasteiger partial charge >= 0.3 is 0 Å². The lowest BCUT2D eigenvalue weighted by atomic mass is 10.0. The number of rotatable bonds is 4. The molecule has 8 nitrogen and oxygen atoms in total. The first-order valence-corrected chi connectivity index (χ1v) is 13.8. The first-order chi connectivity index (χ1) is 17.9. The SMILES string of the molecule is C#CCn1c(=NC(=O)c2ccc(S(=O)(=O)N3CCc4ccccc4C3)cc2)sc2cc3c(cc21)OCO3. The molecule has 2 aliphatic heterocycles. The minimum Gasteiger partial charge on any atom is -0.454 e. The predicted molar refractivity (Wildman–Crippen MR) is 139 cm³/mol. The average Bonchev–Trinajstić information content (AvgIpc) is 3.51. The van der Waals surface area contributed by atoms with Crippen LogP contribution in [-0.2, 0) is 29.5 Å². The van der Waals surface area contributed by atoms with E-state index in [4.69, 9.17) is 15.9 Å². The first kappa shape index (κ1) is 23.5. The van der Waals surface area contributed by atoms with Crippen molar-refractivity contribution in [1.29, 1.82) is 0 Å². The summed E-state index contributed by atoms with van der Waals surface area (Å²) in [5.41, 5.74) is 3.25. The monoisotopic (exact) mass is 531 g/mol. The number of amides is 1. The Kier molecular flexibility index (Phi) is 5.83. The van der Waals surface area contributed by atoms with Gasteiger partial charge in [-0.1, -0.05) is 41.5 Å². The van der Waals surface area contributed by atoms with Gasteiger partial charge in [0.05, 0.1) is 21.7 Å². The Morgan fingerprint density at radius 2 is 1.78 bits per heavy atom. The van der Waals surface area contributed by atoms with Crippen LogP contribution in [0.1, 0.15) is 21.5 Å². The fourth-order valence-corrected chi connectivity index (χ4v) is 6.99. The number of thiazole rings is 1. The molecule has 0 bridgehead atoms. The van der Waals surface area contributed by atoms with Crippen LogP contribution in [0.4, 0.5) is 0 Å². The Balaban J connectivity index is 1.29. The number of fused-ring (bicyclic) bond motifs is 3. The van der Waals surface area contributed by atoms with Crippen molar-refractivity contribution >= 4 is 37.5 Å². The summed E-state index contributed by atoms with van der Waals surface area (Å²) < 4.78 is 41.5. The lowest BCUT2D eigenvalue weighted by Gasteiger charge is -2.28. The standard InChI is InChI=1S/C27H21N3O5S2/c1-2-12-30-22-14-23-24(35-17-34-23)15-25(22)36-27(30)28-26(31)19-7-9-21(10-8-19)37(32,33)29-13-11-18-5-3-4-6-20(18)16-29/h1,3-10,14-15H,11-13,16-17H2. The van der Waals surface area contributed by atoms with E-state index in [0.717, 1.165) is 15.8 Å². The normalized spacial score (nSPS) is 15.5. The Bertz CT molecular complexity index is 1760. The highest BCUT2D eigenvalue weighted by Gasteiger charge is 2.28. The molecule has 1 amide bonds. The Morgan fingerprint density at radius 1 is 1.05 bits per heavy atom. The molecule has 10 heteroatoms. The molecule has 0 radical (unpaired) electrons. The van der Waals surface area contributed by atoms with Gasteiger partial charge in [-0.25, -0.2) is 8.42 Å². The zero-order chi connectivity index (χ0) is 25.6. The minimum atomic E-state index is -3.70. The van der Waals surface area contributed by atoms with Gasteiger partial charge in [0.15, 0.2) is 16.3 Å². The third kappa shape index (κ3) is 4.21. The number of hydrogen-bond donors (Lipinski definition) is 0. The van der Waals surface area contributed by atoms with Crippen LogP contribution in [-0.4, -0.2) is 36.5 Å². The van der Waals surface area contributed by atoms with E-state index in [0.29, 0.717) is 35.8 Å². The molecular weight excluding hydrogens is 510 g/mol. The lowest BCUT2D eigenvalue weighted by molar-refractivity contribution is 0.0997. The fourth-order valence-electron chi connectivity index (χ4n) is 4.53. The molecule has 4 aromatic rings. The van der Waals surface area contributed by atoms with Gasteiger partial charge in [0.1, 0.15) is 0 Å². The fraction of sp³-hybridized carbons (Fsp3) is 0.185. The molecule has 2 aliphatic rings. The van der Waals surface area contributed by atoms with Gasteiger partial charge in [-0.05, 0) is 41.8 Å². The molecule has 3 aromatic carbocycles. The van der Waals surface area contributed by atoms with E-state index in [1.165, 1.54) is 45.5 Å². The Morgan fingerprint density at radius 3 is 2.54 bits per heavy atom. The molecule has 0 N–H and O–H groups in total. The summed E-state index contributed by atoms with van der Waals surface area (Å²) in [6.07, 6.45) is 6.24. The van der Waals surface area contributed by atoms with Crippen molar-refractivity contribution in [3.05, 3.63) is 82.2 Å². The Labute approximate surface area is 217 Å². The Hall–Kier alpha value is -3.91. The van der Waals surface area contributed by atoms with E-state index in [1.54, 1.807) is 4.57 Å². The summed E-state index contributed by atoms with van der Waals surface area (Å²) in [5, 5.41) is 0. The lowest BCUT2D eigenvalue weighted by Crippen LogP contribution is -2.35. The number of hydrogen-bond acceptors (Lipinski definition) is 6. The maximum absolute atomic E-state index is 13.2. The summed E-state index contributed by atoms with van der Waals surface area (Å²) in [4.78, 5) is 17.9. The van der Waals surface area contributed by atoms with Crippen LogP contribution >= 0.6 is 11.3 Å². The number of carbonyl (C=O) groups is 1. The smallest absolute Gasteiger partial charge is 0.279 e. The molecule has 3 heterocycles. The summed E-state index contributed by atoms with van der Waals surface area (Å²) in [7, 11) is -3.70. The topological polar surface area (TPSA) is 90.2 Å². The maximum atomic E-state index is 13.2. The van der Waals surface area contributed by atoms with Crippen LogP contribution in [0.2, 0.25) is 0 Å². The van der Waals surface area contributed by atoms with Crippen LogP contribution < -0.4 is 14.3 Å². The molecule has 1 aromatic heterocycles. The van der Waals surface area contributed by atoms with E-state index < -0.39 is 15.9 Å². The van der Waals surface area contributed by atoms with Crippen LogP contribution in [0.25, 0.3) is 10.2 Å². The number of nitrogens with zero attached hydrogens (tertiary/aromatic N) is 3. The number of aromatic nitrogens is 1. The van der Waals surface area contributed by atoms with Gasteiger partial charge < -0.3 is 14.0 Å². The zero-order valence-electron chi connectivity index (χ0n) is 19.6. The van der Waals surface area contributed by atoms with E-state index in [9.17, 15) is 13.2 Å². The molecule has 0 saturated heterocycles.